The SMILES string of the molecule is CC1(C)O[C@H]2Cc3c(cccc3Nc3cc(-c4ccc(C(F)(F)F)nc4Cl)ncn3)C[C@H]2O1.CC1(C)O[C@H]2Cc3cccc(Nc4cc(-c5ccc(C(F)(F)F)nc5Cl)ncn4)c3C[C@H]2O1. The number of benzene rings is 2. The van der Waals surface area contributed by atoms with E-state index in [0.29, 0.717) is 35.9 Å². The third kappa shape index (κ3) is 9.80. The van der Waals surface area contributed by atoms with Crippen LogP contribution in [0.1, 0.15) is 61.3 Å². The van der Waals surface area contributed by atoms with E-state index in [-0.39, 0.29) is 45.8 Å². The second kappa shape index (κ2) is 17.3. The Bertz CT molecular complexity index is 2630. The fourth-order valence-corrected chi connectivity index (χ4v) is 9.20. The molecule has 0 radical (unpaired) electrons. The average molecular weight is 954 g/mol. The lowest BCUT2D eigenvalue weighted by atomic mass is 9.86. The first-order valence-electron chi connectivity index (χ1n) is 20.8. The molecule has 0 amide bonds. The summed E-state index contributed by atoms with van der Waals surface area (Å²) in [6.07, 6.45) is -3.64. The summed E-state index contributed by atoms with van der Waals surface area (Å²) in [5, 5.41) is 6.06. The molecule has 6 aromatic rings. The fraction of sp³-hybridized carbons (Fsp3) is 0.348. The van der Waals surface area contributed by atoms with Gasteiger partial charge in [0.1, 0.15) is 46.0 Å². The molecule has 2 aliphatic carbocycles. The molecular weight excluding hydrogens is 913 g/mol. The van der Waals surface area contributed by atoms with Crippen LogP contribution < -0.4 is 10.6 Å². The molecule has 4 aliphatic rings. The highest BCUT2D eigenvalue weighted by Gasteiger charge is 2.45. The number of nitrogens with zero attached hydrogens (tertiary/aromatic N) is 6. The standard InChI is InChI=1S/2C23H20ClF3N4O2/c2*1-22(2)32-17-8-12-4-3-5-15(14(12)9-18(17)33-22)30-20-10-16(28-11-29-20)13-6-7-19(23(25,26)27)31-21(13)24/h2*3-7,10-11,17-18H,8-9H2,1-2H3,(H,28,29,30)/t2*17-,18+/m10/s1. The lowest BCUT2D eigenvalue weighted by Gasteiger charge is -2.27. The van der Waals surface area contributed by atoms with E-state index in [4.69, 9.17) is 42.1 Å². The summed E-state index contributed by atoms with van der Waals surface area (Å²) in [7, 11) is 0. The number of alkyl halides is 6. The van der Waals surface area contributed by atoms with Gasteiger partial charge in [-0.05, 0) is 86.3 Å². The van der Waals surface area contributed by atoms with Crippen LogP contribution in [0.2, 0.25) is 10.3 Å². The topological polar surface area (TPSA) is 138 Å². The maximum atomic E-state index is 12.9. The summed E-state index contributed by atoms with van der Waals surface area (Å²) in [5.41, 5.74) is 5.51. The number of nitrogens with one attached hydrogen (secondary N) is 2. The first-order chi connectivity index (χ1) is 31.2. The van der Waals surface area contributed by atoms with E-state index >= 15 is 0 Å². The van der Waals surface area contributed by atoms with Gasteiger partial charge < -0.3 is 29.6 Å². The van der Waals surface area contributed by atoms with Crippen LogP contribution in [-0.4, -0.2) is 65.9 Å². The zero-order valence-corrected chi connectivity index (χ0v) is 37.1. The van der Waals surface area contributed by atoms with Crippen LogP contribution in [0.25, 0.3) is 22.5 Å². The van der Waals surface area contributed by atoms with Crippen molar-refractivity contribution in [1.29, 1.82) is 0 Å². The van der Waals surface area contributed by atoms with E-state index in [9.17, 15) is 26.3 Å². The van der Waals surface area contributed by atoms with Gasteiger partial charge in [0.2, 0.25) is 0 Å². The molecule has 10 rings (SSSR count). The van der Waals surface area contributed by atoms with Crippen LogP contribution >= 0.6 is 23.2 Å². The molecule has 2 aromatic carbocycles. The van der Waals surface area contributed by atoms with E-state index in [1.165, 1.54) is 35.9 Å². The highest BCUT2D eigenvalue weighted by Crippen LogP contribution is 2.42. The quantitative estimate of drug-likeness (QED) is 0.121. The Morgan fingerprint density at radius 2 is 0.909 bits per heavy atom. The van der Waals surface area contributed by atoms with Crippen LogP contribution in [0, 0.1) is 0 Å². The van der Waals surface area contributed by atoms with Gasteiger partial charge in [-0.15, -0.1) is 0 Å². The Morgan fingerprint density at radius 3 is 1.27 bits per heavy atom. The highest BCUT2D eigenvalue weighted by atomic mass is 35.5. The second-order valence-corrected chi connectivity index (χ2v) is 17.7. The zero-order valence-electron chi connectivity index (χ0n) is 35.6. The van der Waals surface area contributed by atoms with Crippen molar-refractivity contribution in [3.05, 3.63) is 129 Å². The number of hydrogen-bond acceptors (Lipinski definition) is 12. The average Bonchev–Trinajstić information content (AvgIpc) is 3.73. The molecule has 12 nitrogen and oxygen atoms in total. The van der Waals surface area contributed by atoms with E-state index < -0.39 is 35.3 Å². The molecular formula is C46H40Cl2F6N8O4. The number of aromatic nitrogens is 6. The molecule has 66 heavy (non-hydrogen) atoms. The Balaban J connectivity index is 0.000000166. The predicted octanol–water partition coefficient (Wildman–Crippen LogP) is 11.1. The van der Waals surface area contributed by atoms with Gasteiger partial charge in [0.15, 0.2) is 11.6 Å². The molecule has 4 atom stereocenters. The zero-order chi connectivity index (χ0) is 46.8. The number of pyridine rings is 2. The molecule has 0 unspecified atom stereocenters. The molecule has 20 heteroatoms. The number of anilines is 4. The van der Waals surface area contributed by atoms with Crippen molar-refractivity contribution in [2.75, 3.05) is 10.6 Å². The first-order valence-corrected chi connectivity index (χ1v) is 21.5. The van der Waals surface area contributed by atoms with E-state index in [1.54, 1.807) is 12.1 Å². The highest BCUT2D eigenvalue weighted by molar-refractivity contribution is 6.32. The normalized spacial score (nSPS) is 21.4. The maximum absolute atomic E-state index is 12.9. The van der Waals surface area contributed by atoms with Crippen molar-refractivity contribution < 1.29 is 45.3 Å². The fourth-order valence-electron chi connectivity index (χ4n) is 8.70. The summed E-state index contributed by atoms with van der Waals surface area (Å²) < 4.78 is 102. The minimum absolute atomic E-state index is 0.0164. The number of rotatable bonds is 6. The van der Waals surface area contributed by atoms with Crippen molar-refractivity contribution in [2.45, 2.75) is 102 Å². The Morgan fingerprint density at radius 1 is 0.530 bits per heavy atom. The monoisotopic (exact) mass is 952 g/mol. The van der Waals surface area contributed by atoms with Gasteiger partial charge >= 0.3 is 12.4 Å². The molecule has 2 aliphatic heterocycles. The smallest absolute Gasteiger partial charge is 0.344 e. The molecule has 6 heterocycles. The van der Waals surface area contributed by atoms with Crippen LogP contribution in [-0.2, 0) is 57.0 Å². The minimum Gasteiger partial charge on any atom is -0.344 e. The van der Waals surface area contributed by atoms with Gasteiger partial charge in [-0.3, -0.25) is 0 Å². The maximum Gasteiger partial charge on any atom is 0.433 e. The molecule has 344 valence electrons. The van der Waals surface area contributed by atoms with Gasteiger partial charge in [0.05, 0.1) is 35.8 Å². The molecule has 0 bridgehead atoms. The van der Waals surface area contributed by atoms with Crippen LogP contribution in [0.3, 0.4) is 0 Å². The Hall–Kier alpha value is -5.50. The Kier molecular flexibility index (Phi) is 12.0. The van der Waals surface area contributed by atoms with Gasteiger partial charge in [-0.2, -0.15) is 26.3 Å². The second-order valence-electron chi connectivity index (χ2n) is 17.0. The van der Waals surface area contributed by atoms with Gasteiger partial charge in [0.25, 0.3) is 0 Å². The van der Waals surface area contributed by atoms with Crippen molar-refractivity contribution in [3.63, 3.8) is 0 Å². The van der Waals surface area contributed by atoms with Crippen LogP contribution in [0.4, 0.5) is 49.4 Å². The number of fused-ring (bicyclic) bond motifs is 4. The summed E-state index contributed by atoms with van der Waals surface area (Å²) >= 11 is 12.1. The summed E-state index contributed by atoms with van der Waals surface area (Å²) in [6.45, 7) is 7.66. The summed E-state index contributed by atoms with van der Waals surface area (Å²) in [6, 6.07) is 19.5. The minimum atomic E-state index is -4.57. The molecule has 2 saturated heterocycles. The molecule has 4 aromatic heterocycles. The molecule has 2 N–H and O–H groups in total. The third-order valence-electron chi connectivity index (χ3n) is 11.5. The third-order valence-corrected chi connectivity index (χ3v) is 12.0. The predicted molar refractivity (Wildman–Crippen MR) is 232 cm³/mol. The van der Waals surface area contributed by atoms with Crippen molar-refractivity contribution in [3.8, 4) is 22.5 Å². The first kappa shape index (κ1) is 45.6. The van der Waals surface area contributed by atoms with Gasteiger partial charge in [-0.1, -0.05) is 47.5 Å². The number of halogens is 8. The lowest BCUT2D eigenvalue weighted by molar-refractivity contribution is -0.145. The van der Waals surface area contributed by atoms with Crippen molar-refractivity contribution >= 4 is 46.2 Å². The van der Waals surface area contributed by atoms with Crippen LogP contribution in [0.5, 0.6) is 0 Å². The van der Waals surface area contributed by atoms with E-state index in [1.807, 2.05) is 52.0 Å². The number of ether oxygens (including phenoxy) is 4. The van der Waals surface area contributed by atoms with Gasteiger partial charge in [-0.25, -0.2) is 29.9 Å². The van der Waals surface area contributed by atoms with Crippen LogP contribution in [0.15, 0.2) is 85.5 Å². The Labute approximate surface area is 384 Å². The van der Waals surface area contributed by atoms with E-state index in [2.05, 4.69) is 52.7 Å². The summed E-state index contributed by atoms with van der Waals surface area (Å²) in [4.78, 5) is 23.8. The summed E-state index contributed by atoms with van der Waals surface area (Å²) in [5.74, 6) is -0.256. The lowest BCUT2D eigenvalue weighted by Crippen LogP contribution is -2.32. The molecule has 0 spiro atoms. The van der Waals surface area contributed by atoms with Gasteiger partial charge in [0, 0.05) is 60.3 Å². The van der Waals surface area contributed by atoms with Crippen molar-refractivity contribution in [1.82, 2.24) is 29.9 Å². The molecule has 0 saturated carbocycles. The van der Waals surface area contributed by atoms with E-state index in [0.717, 1.165) is 47.5 Å². The molecule has 2 fully saturated rings. The van der Waals surface area contributed by atoms with Crippen molar-refractivity contribution in [2.24, 2.45) is 0 Å². The number of hydrogen-bond donors (Lipinski definition) is 2. The largest absolute Gasteiger partial charge is 0.433 e.